The summed E-state index contributed by atoms with van der Waals surface area (Å²) in [6.45, 7) is 1.79. The van der Waals surface area contributed by atoms with Crippen molar-refractivity contribution in [2.75, 3.05) is 11.9 Å². The van der Waals surface area contributed by atoms with Gasteiger partial charge in [-0.3, -0.25) is 0 Å². The third-order valence-corrected chi connectivity index (χ3v) is 3.47. The Morgan fingerprint density at radius 3 is 2.75 bits per heavy atom. The fourth-order valence-electron chi connectivity index (χ4n) is 2.49. The zero-order chi connectivity index (χ0) is 11.5. The molecule has 0 saturated heterocycles. The minimum atomic E-state index is -0.451. The van der Waals surface area contributed by atoms with Crippen molar-refractivity contribution in [3.8, 4) is 0 Å². The van der Waals surface area contributed by atoms with Gasteiger partial charge in [0.2, 0.25) is 0 Å². The Morgan fingerprint density at radius 1 is 1.44 bits per heavy atom. The number of pyridine rings is 1. The third kappa shape index (κ3) is 2.19. The van der Waals surface area contributed by atoms with Gasteiger partial charge in [0.25, 0.3) is 0 Å². The van der Waals surface area contributed by atoms with Gasteiger partial charge in [-0.05, 0) is 25.8 Å². The number of aliphatic hydroxyl groups is 1. The van der Waals surface area contributed by atoms with E-state index in [0.29, 0.717) is 6.04 Å². The Balaban J connectivity index is 2.24. The first-order chi connectivity index (χ1) is 7.70. The van der Waals surface area contributed by atoms with E-state index in [2.05, 4.69) is 16.9 Å². The number of aliphatic hydroxyl groups excluding tert-OH is 1. The van der Waals surface area contributed by atoms with Crippen LogP contribution in [0.1, 0.15) is 44.3 Å². The summed E-state index contributed by atoms with van der Waals surface area (Å²) in [6, 6.07) is 4.43. The molecule has 1 fully saturated rings. The molecule has 1 heterocycles. The number of anilines is 1. The maximum absolute atomic E-state index is 9.73. The minimum Gasteiger partial charge on any atom is -0.389 e. The van der Waals surface area contributed by atoms with Crippen LogP contribution < -0.4 is 4.90 Å². The van der Waals surface area contributed by atoms with E-state index in [9.17, 15) is 5.11 Å². The topological polar surface area (TPSA) is 36.4 Å². The minimum absolute atomic E-state index is 0.451. The van der Waals surface area contributed by atoms with E-state index in [-0.39, 0.29) is 0 Å². The summed E-state index contributed by atoms with van der Waals surface area (Å²) in [5, 5.41) is 9.73. The number of hydrogen-bond acceptors (Lipinski definition) is 3. The van der Waals surface area contributed by atoms with Crippen LogP contribution in [-0.2, 0) is 0 Å². The molecule has 0 bridgehead atoms. The molecule has 1 saturated carbocycles. The summed E-state index contributed by atoms with van der Waals surface area (Å²) in [5.41, 5.74) is 0.928. The van der Waals surface area contributed by atoms with E-state index in [1.807, 2.05) is 12.1 Å². The molecule has 0 aliphatic heterocycles. The fourth-order valence-corrected chi connectivity index (χ4v) is 2.49. The second-order valence-electron chi connectivity index (χ2n) is 4.64. The average molecular weight is 220 g/mol. The highest BCUT2D eigenvalue weighted by Crippen LogP contribution is 2.29. The van der Waals surface area contributed by atoms with Crippen LogP contribution in [0.2, 0.25) is 0 Å². The molecule has 88 valence electrons. The smallest absolute Gasteiger partial charge is 0.134 e. The van der Waals surface area contributed by atoms with Gasteiger partial charge in [-0.15, -0.1) is 0 Å². The van der Waals surface area contributed by atoms with E-state index in [4.69, 9.17) is 0 Å². The standard InChI is InChI=1S/C13H20N2O/c1-10(16)12-8-5-9-14-13(12)15(2)11-6-3-4-7-11/h5,8-11,16H,3-4,6-7H2,1-2H3/t10-/m1/s1. The third-order valence-electron chi connectivity index (χ3n) is 3.47. The predicted octanol–water partition coefficient (Wildman–Crippen LogP) is 2.51. The van der Waals surface area contributed by atoms with Crippen molar-refractivity contribution >= 4 is 5.82 Å². The van der Waals surface area contributed by atoms with Crippen molar-refractivity contribution in [1.29, 1.82) is 0 Å². The van der Waals surface area contributed by atoms with Gasteiger partial charge >= 0.3 is 0 Å². The van der Waals surface area contributed by atoms with Crippen molar-refractivity contribution in [3.63, 3.8) is 0 Å². The highest BCUT2D eigenvalue weighted by Gasteiger charge is 2.23. The lowest BCUT2D eigenvalue weighted by Crippen LogP contribution is -2.30. The molecule has 0 unspecified atom stereocenters. The van der Waals surface area contributed by atoms with Crippen molar-refractivity contribution in [1.82, 2.24) is 4.98 Å². The van der Waals surface area contributed by atoms with E-state index < -0.39 is 6.10 Å². The molecule has 0 spiro atoms. The van der Waals surface area contributed by atoms with E-state index >= 15 is 0 Å². The maximum Gasteiger partial charge on any atom is 0.134 e. The molecular formula is C13H20N2O. The molecule has 2 rings (SSSR count). The van der Waals surface area contributed by atoms with Crippen LogP contribution in [0, 0.1) is 0 Å². The van der Waals surface area contributed by atoms with Crippen LogP contribution >= 0.6 is 0 Å². The molecule has 1 aliphatic rings. The molecular weight excluding hydrogens is 200 g/mol. The average Bonchev–Trinajstić information content (AvgIpc) is 2.81. The van der Waals surface area contributed by atoms with Gasteiger partial charge < -0.3 is 10.0 Å². The monoisotopic (exact) mass is 220 g/mol. The Bertz CT molecular complexity index is 346. The first kappa shape index (κ1) is 11.4. The molecule has 1 N–H and O–H groups in total. The Morgan fingerprint density at radius 2 is 2.12 bits per heavy atom. The molecule has 16 heavy (non-hydrogen) atoms. The van der Waals surface area contributed by atoms with Gasteiger partial charge in [-0.2, -0.15) is 0 Å². The quantitative estimate of drug-likeness (QED) is 0.850. The van der Waals surface area contributed by atoms with Crippen molar-refractivity contribution in [2.24, 2.45) is 0 Å². The van der Waals surface area contributed by atoms with Crippen LogP contribution in [0.3, 0.4) is 0 Å². The van der Waals surface area contributed by atoms with Gasteiger partial charge in [-0.1, -0.05) is 18.9 Å². The van der Waals surface area contributed by atoms with Gasteiger partial charge in [-0.25, -0.2) is 4.98 Å². The Kier molecular flexibility index (Phi) is 3.44. The molecule has 0 amide bonds. The molecule has 0 aromatic carbocycles. The van der Waals surface area contributed by atoms with E-state index in [1.54, 1.807) is 13.1 Å². The second-order valence-corrected chi connectivity index (χ2v) is 4.64. The normalized spacial score (nSPS) is 18.7. The van der Waals surface area contributed by atoms with Crippen LogP contribution in [0.5, 0.6) is 0 Å². The van der Waals surface area contributed by atoms with Gasteiger partial charge in [0, 0.05) is 24.8 Å². The highest BCUT2D eigenvalue weighted by molar-refractivity contribution is 5.48. The van der Waals surface area contributed by atoms with E-state index in [0.717, 1.165) is 11.4 Å². The van der Waals surface area contributed by atoms with Crippen LogP contribution in [-0.4, -0.2) is 23.2 Å². The predicted molar refractivity (Wildman–Crippen MR) is 65.5 cm³/mol. The van der Waals surface area contributed by atoms with Crippen molar-refractivity contribution in [3.05, 3.63) is 23.9 Å². The van der Waals surface area contributed by atoms with Crippen LogP contribution in [0.25, 0.3) is 0 Å². The van der Waals surface area contributed by atoms with Gasteiger partial charge in [0.1, 0.15) is 5.82 Å². The zero-order valence-electron chi connectivity index (χ0n) is 10.1. The lowest BCUT2D eigenvalue weighted by Gasteiger charge is -2.28. The summed E-state index contributed by atoms with van der Waals surface area (Å²) in [5.74, 6) is 0.935. The largest absolute Gasteiger partial charge is 0.389 e. The molecule has 3 nitrogen and oxygen atoms in total. The van der Waals surface area contributed by atoms with Crippen LogP contribution in [0.15, 0.2) is 18.3 Å². The fraction of sp³-hybridized carbons (Fsp3) is 0.615. The lowest BCUT2D eigenvalue weighted by atomic mass is 10.1. The van der Waals surface area contributed by atoms with Crippen molar-refractivity contribution in [2.45, 2.75) is 44.8 Å². The molecule has 1 aromatic rings. The molecule has 1 aliphatic carbocycles. The van der Waals surface area contributed by atoms with E-state index in [1.165, 1.54) is 25.7 Å². The van der Waals surface area contributed by atoms with Gasteiger partial charge in [0.15, 0.2) is 0 Å². The second kappa shape index (κ2) is 4.83. The van der Waals surface area contributed by atoms with Crippen molar-refractivity contribution < 1.29 is 5.11 Å². The number of hydrogen-bond donors (Lipinski definition) is 1. The SMILES string of the molecule is C[C@@H](O)c1cccnc1N(C)C1CCCC1. The summed E-state index contributed by atoms with van der Waals surface area (Å²) < 4.78 is 0. The Labute approximate surface area is 97.1 Å². The number of aromatic nitrogens is 1. The highest BCUT2D eigenvalue weighted by atomic mass is 16.3. The summed E-state index contributed by atoms with van der Waals surface area (Å²) >= 11 is 0. The summed E-state index contributed by atoms with van der Waals surface area (Å²) in [4.78, 5) is 6.64. The molecule has 0 radical (unpaired) electrons. The molecule has 1 atom stereocenters. The zero-order valence-corrected chi connectivity index (χ0v) is 10.1. The number of rotatable bonds is 3. The van der Waals surface area contributed by atoms with Crippen LogP contribution in [0.4, 0.5) is 5.82 Å². The Hall–Kier alpha value is -1.09. The van der Waals surface area contributed by atoms with Gasteiger partial charge in [0.05, 0.1) is 6.10 Å². The first-order valence-electron chi connectivity index (χ1n) is 6.06. The summed E-state index contributed by atoms with van der Waals surface area (Å²) in [7, 11) is 2.09. The number of nitrogens with zero attached hydrogens (tertiary/aromatic N) is 2. The molecule has 3 heteroatoms. The summed E-state index contributed by atoms with van der Waals surface area (Å²) in [6.07, 6.45) is 6.45. The lowest BCUT2D eigenvalue weighted by molar-refractivity contribution is 0.199. The molecule has 1 aromatic heterocycles. The maximum atomic E-state index is 9.73. The first-order valence-corrected chi connectivity index (χ1v) is 6.06.